The van der Waals surface area contributed by atoms with Gasteiger partial charge < -0.3 is 19.6 Å². The third-order valence-corrected chi connectivity index (χ3v) is 41.4. The minimum Gasteiger partial charge on any atom is -0.378 e. The molecule has 678 valence electrons. The number of rotatable bonds is 16. The van der Waals surface area contributed by atoms with E-state index in [0.717, 1.165) is 114 Å². The molecule has 3 aliphatic carbocycles. The van der Waals surface area contributed by atoms with E-state index in [1.54, 1.807) is 124 Å². The van der Waals surface area contributed by atoms with Crippen molar-refractivity contribution in [3.63, 3.8) is 0 Å². The van der Waals surface area contributed by atoms with E-state index in [-0.39, 0.29) is 32.4 Å². The molecule has 0 unspecified atom stereocenters. The zero-order valence-corrected chi connectivity index (χ0v) is 90.7. The number of fused-ring (bicyclic) bond motifs is 8. The van der Waals surface area contributed by atoms with Gasteiger partial charge >= 0.3 is 0 Å². The van der Waals surface area contributed by atoms with Gasteiger partial charge in [0.2, 0.25) is 0 Å². The maximum absolute atomic E-state index is 5.45. The fourth-order valence-electron chi connectivity index (χ4n) is 15.1. The molecule has 22 rings (SSSR count). The Bertz CT molecular complexity index is 5600. The summed E-state index contributed by atoms with van der Waals surface area (Å²) in [5, 5.41) is 0. The second kappa shape index (κ2) is 54.5. The zero-order valence-electron chi connectivity index (χ0n) is 72.3. The first-order valence-corrected chi connectivity index (χ1v) is 59.2. The smallest absolute Gasteiger partial charge is 0.166 e. The van der Waals surface area contributed by atoms with Crippen LogP contribution in [-0.2, 0) is 24.2 Å². The Morgan fingerprint density at radius 1 is 0.403 bits per heavy atom. The number of thioether (sulfide) groups is 1. The van der Waals surface area contributed by atoms with Crippen LogP contribution in [0.1, 0.15) is 163 Å². The van der Waals surface area contributed by atoms with Gasteiger partial charge in [0.05, 0.1) is 94.9 Å². The molecule has 16 aromatic rings. The largest absolute Gasteiger partial charge is 0.378 e. The van der Waals surface area contributed by atoms with E-state index in [2.05, 4.69) is 200 Å². The molecule has 0 bridgehead atoms. The second-order valence-corrected chi connectivity index (χ2v) is 52.2. The number of morpholine rings is 1. The van der Waals surface area contributed by atoms with Crippen LogP contribution in [0.15, 0.2) is 220 Å². The minimum atomic E-state index is 0. The fourth-order valence-corrected chi connectivity index (χ4v) is 33.2. The van der Waals surface area contributed by atoms with Gasteiger partial charge in [0.15, 0.2) is 38.3 Å². The summed E-state index contributed by atoms with van der Waals surface area (Å²) in [6, 6.07) is 67.8. The molecule has 0 amide bonds. The first-order chi connectivity index (χ1) is 62.2. The summed E-state index contributed by atoms with van der Waals surface area (Å²) in [4.78, 5) is 36.4. The van der Waals surface area contributed by atoms with Crippen molar-refractivity contribution in [1.82, 2.24) is 62.4 Å². The first kappa shape index (κ1) is 103. The van der Waals surface area contributed by atoms with Gasteiger partial charge in [0.1, 0.15) is 0 Å². The monoisotopic (exact) mass is 2120 g/mol. The van der Waals surface area contributed by atoms with E-state index < -0.39 is 0 Å². The van der Waals surface area contributed by atoms with Gasteiger partial charge in [0.25, 0.3) is 0 Å². The van der Waals surface area contributed by atoms with E-state index in [1.165, 1.54) is 217 Å². The van der Waals surface area contributed by atoms with Gasteiger partial charge in [-0.2, -0.15) is 0 Å². The number of nitrogens with zero attached hydrogens (tertiary/aromatic N) is 10. The maximum atomic E-state index is 5.45. The number of hydrogen-bond acceptors (Lipinski definition) is 30. The van der Waals surface area contributed by atoms with Crippen LogP contribution in [0, 0.1) is 13.8 Å². The Morgan fingerprint density at radius 3 is 1.15 bits per heavy atom. The second-order valence-electron chi connectivity index (χ2n) is 32.3. The van der Waals surface area contributed by atoms with Crippen molar-refractivity contribution < 1.29 is 24.2 Å². The SMILES string of the molecule is C.CC(C)(C)NSc1nc2ccccc2s1.S=C(SN1CCCCC1)N1CCOCC1.S=c1[nH]c2ccccc2s1.S=c1[nH]c2ccccc2s1.[Zn].c1ccc2sc(SCC3CCCCC3)nc2c1.c1ccc2sc(SN(C3CCCCC3)C3CCCCC3)nc2c1.c1ccc2sc(SSN3CCCCC3)nc2c1.c1ccc2sc(SSc3nc4ccccc4s3)nc2c1. The van der Waals surface area contributed by atoms with Gasteiger partial charge in [-0.05, 0) is 292 Å². The van der Waals surface area contributed by atoms with Crippen LogP contribution in [0.5, 0.6) is 0 Å². The third-order valence-electron chi connectivity index (χ3n) is 21.5. The molecule has 3 N–H and O–H groups in total. The summed E-state index contributed by atoms with van der Waals surface area (Å²) in [6.07, 6.45) is 29.3. The van der Waals surface area contributed by atoms with E-state index in [1.807, 2.05) is 130 Å². The molecular weight excluding hydrogens is 2010 g/mol. The van der Waals surface area contributed by atoms with Crippen LogP contribution in [-0.4, -0.2) is 138 Å². The average Bonchev–Trinajstić information content (AvgIpc) is 1.71. The molecule has 3 saturated heterocycles. The number of piperidine rings is 2. The normalized spacial score (nSPS) is 16.0. The Labute approximate surface area is 853 Å². The van der Waals surface area contributed by atoms with Gasteiger partial charge in [-0.25, -0.2) is 42.8 Å². The number of aromatic nitrogens is 8. The van der Waals surface area contributed by atoms with Gasteiger partial charge in [-0.15, -0.1) is 90.7 Å². The summed E-state index contributed by atoms with van der Waals surface area (Å²) in [6.45, 7) is 14.8. The van der Waals surface area contributed by atoms with Gasteiger partial charge in [0, 0.05) is 82.1 Å². The topological polar surface area (TPSA) is 143 Å². The van der Waals surface area contributed by atoms with Crippen LogP contribution >= 0.6 is 218 Å². The average molecular weight is 2130 g/mol. The number of nitrogens with one attached hydrogen (secondary N) is 3. The molecule has 0 radical (unpaired) electrons. The summed E-state index contributed by atoms with van der Waals surface area (Å²) in [5.41, 5.74) is 9.06. The maximum Gasteiger partial charge on any atom is 0.166 e. The Hall–Kier alpha value is -3.57. The number of para-hydroxylation sites is 8. The molecule has 129 heavy (non-hydrogen) atoms. The molecular formula is C95H111N13OS19Zn. The minimum absolute atomic E-state index is 0. The number of thiazole rings is 8. The fraction of sp³-hybridized carbons (Fsp3) is 0.400. The zero-order chi connectivity index (χ0) is 87.2. The van der Waals surface area contributed by atoms with Crippen LogP contribution < -0.4 is 4.72 Å². The summed E-state index contributed by atoms with van der Waals surface area (Å²) in [5.74, 6) is 2.19. The molecule has 0 atom stereocenters. The van der Waals surface area contributed by atoms with Crippen molar-refractivity contribution in [3.8, 4) is 0 Å². The van der Waals surface area contributed by atoms with E-state index in [0.29, 0.717) is 0 Å². The standard InChI is InChI=1S/C19H26N2S2.C14H8N2S4.C14H17NS2.C12H14N2S3.C11H14N2S2.C10H18N2OS2.2C7H5NS2.CH4.Zn/c1-3-9-15(10-4-1)21(16-11-5-2-6-12-16)23-19-20-17-13-7-8-14-18(17)22-19;1-3-7-11-9(5-1)15-13(17-11)19-20-14-16-10-6-2-4-8-12(10)18-14;1-2-6-11(7-3-1)10-16-14-15-12-8-4-5-9-13(12)17-14;1-4-8-14(9-5-1)17-16-12-13-10-6-2-3-7-11(10)15-12;1-11(2,3)13-15-10-12-8-6-4-5-7-9(8)14-10;14-10(11-6-8-13-9-7-11)15-12-4-2-1-3-5-12;2*9-7-8-5-3-1-2-4-6(5)10-7;;/h7-8,13-16H,1-6,9-12H2;1-8H;4-5,8-9,11H,1-3,6-7,10H2;2-3,6-7H,1,4-5,8-9H2;4-7,13H,1-3H3;1-9H2;2*1-4H,(H,8,9);1H4;. The molecule has 6 fully saturated rings. The van der Waals surface area contributed by atoms with Crippen molar-refractivity contribution in [3.05, 3.63) is 202 Å². The summed E-state index contributed by atoms with van der Waals surface area (Å²) >= 11 is 36.6. The molecule has 6 aliphatic rings. The summed E-state index contributed by atoms with van der Waals surface area (Å²) in [7, 11) is 7.04. The molecule has 34 heteroatoms. The molecule has 8 aromatic heterocycles. The van der Waals surface area contributed by atoms with Crippen LogP contribution in [0.25, 0.3) is 81.7 Å². The predicted molar refractivity (Wildman–Crippen MR) is 585 cm³/mol. The number of ether oxygens (including phenoxy) is 1. The predicted octanol–water partition coefficient (Wildman–Crippen LogP) is 33.4. The van der Waals surface area contributed by atoms with E-state index in [9.17, 15) is 0 Å². The van der Waals surface area contributed by atoms with Crippen molar-refractivity contribution in [2.45, 2.75) is 207 Å². The van der Waals surface area contributed by atoms with Crippen molar-refractivity contribution in [2.24, 2.45) is 5.92 Å². The van der Waals surface area contributed by atoms with Gasteiger partial charge in [-0.3, -0.25) is 4.72 Å². The molecule has 14 nitrogen and oxygen atoms in total. The molecule has 3 saturated carbocycles. The van der Waals surface area contributed by atoms with Crippen LogP contribution in [0.3, 0.4) is 0 Å². The van der Waals surface area contributed by atoms with Crippen molar-refractivity contribution in [1.29, 1.82) is 0 Å². The van der Waals surface area contributed by atoms with Crippen LogP contribution in [0.4, 0.5) is 0 Å². The number of aromatic amines is 2. The van der Waals surface area contributed by atoms with E-state index >= 15 is 0 Å². The quantitative estimate of drug-likeness (QED) is 0.0277. The number of thiocarbonyl (C=S) groups is 1. The Kier molecular flexibility index (Phi) is 43.5. The first-order valence-electron chi connectivity index (χ1n) is 43.8. The van der Waals surface area contributed by atoms with Crippen LogP contribution in [0.2, 0.25) is 0 Å². The molecule has 0 spiro atoms. The van der Waals surface area contributed by atoms with Crippen molar-refractivity contribution >= 4 is 304 Å². The van der Waals surface area contributed by atoms with Gasteiger partial charge in [-0.1, -0.05) is 199 Å². The number of hydrogen-bond donors (Lipinski definition) is 3. The summed E-state index contributed by atoms with van der Waals surface area (Å²) < 4.78 is 36.0. The van der Waals surface area contributed by atoms with E-state index in [4.69, 9.17) is 46.4 Å². The molecule has 3 aliphatic heterocycles. The molecule has 11 heterocycles. The third kappa shape index (κ3) is 33.1. The Balaban J connectivity index is 0.000000127. The van der Waals surface area contributed by atoms with Crippen molar-refractivity contribution in [2.75, 3.05) is 58.2 Å². The Morgan fingerprint density at radius 2 is 0.736 bits per heavy atom. The molecule has 8 aromatic carbocycles. The number of benzene rings is 8. The number of H-pyrrole nitrogens is 2.